The summed E-state index contributed by atoms with van der Waals surface area (Å²) in [6.45, 7) is 10.4. The summed E-state index contributed by atoms with van der Waals surface area (Å²) >= 11 is 0. The molecule has 6 heterocycles. The maximum Gasteiger partial charge on any atom is 0.137 e. The van der Waals surface area contributed by atoms with Gasteiger partial charge in [0, 0.05) is 74.4 Å². The molecule has 0 saturated heterocycles. The van der Waals surface area contributed by atoms with Crippen molar-refractivity contribution in [1.82, 2.24) is 0 Å². The van der Waals surface area contributed by atoms with Gasteiger partial charge in [-0.15, -0.1) is 0 Å². The van der Waals surface area contributed by atoms with Crippen molar-refractivity contribution in [1.29, 1.82) is 21.0 Å². The van der Waals surface area contributed by atoms with Gasteiger partial charge in [-0.25, -0.2) is 0 Å². The molecule has 7 aliphatic rings. The fourth-order valence-corrected chi connectivity index (χ4v) is 11.9. The molecule has 12 bridgehead atoms. The maximum absolute atomic E-state index is 9.47. The van der Waals surface area contributed by atoms with Crippen LogP contribution in [-0.4, -0.2) is 105 Å². The van der Waals surface area contributed by atoms with Crippen molar-refractivity contribution < 1.29 is 47.4 Å². The van der Waals surface area contributed by atoms with E-state index >= 15 is 0 Å². The molecule has 0 N–H and O–H groups in total. The summed E-state index contributed by atoms with van der Waals surface area (Å²) in [5.74, 6) is 5.45. The highest BCUT2D eigenvalue weighted by Crippen LogP contribution is 2.40. The lowest BCUT2D eigenvalue weighted by molar-refractivity contribution is 0.0945. The minimum Gasteiger partial charge on any atom is -0.491 e. The molecule has 16 nitrogen and oxygen atoms in total. The molecule has 1 aliphatic carbocycles. The number of ether oxygens (including phenoxy) is 10. The van der Waals surface area contributed by atoms with Gasteiger partial charge in [-0.05, 0) is 130 Å². The predicted octanol–water partition coefficient (Wildman–Crippen LogP) is 13.3. The van der Waals surface area contributed by atoms with Crippen LogP contribution in [0.1, 0.15) is 69.5 Å². The van der Waals surface area contributed by atoms with Crippen LogP contribution < -0.4 is 28.7 Å². The number of para-hydroxylation sites is 4. The lowest BCUT2D eigenvalue weighted by atomic mass is 9.91. The number of allylic oxidation sites excluding steroid dienone is 12. The van der Waals surface area contributed by atoms with Crippen molar-refractivity contribution in [3.63, 3.8) is 0 Å². The second-order valence-electron chi connectivity index (χ2n) is 22.9. The molecule has 0 unspecified atom stereocenters. The zero-order chi connectivity index (χ0) is 64.9. The van der Waals surface area contributed by atoms with E-state index in [0.29, 0.717) is 165 Å². The number of nitriles is 4. The van der Waals surface area contributed by atoms with Gasteiger partial charge in [0.05, 0.1) is 52.9 Å². The number of hydrogen-bond donors (Lipinski definition) is 0. The number of nitrogens with zero attached hydrogens (tertiary/aromatic N) is 6. The molecule has 6 aromatic rings. The van der Waals surface area contributed by atoms with E-state index in [1.165, 1.54) is 0 Å². The smallest absolute Gasteiger partial charge is 0.137 e. The van der Waals surface area contributed by atoms with Crippen LogP contribution in [0.2, 0.25) is 0 Å². The molecule has 0 amide bonds. The van der Waals surface area contributed by atoms with Gasteiger partial charge in [0.2, 0.25) is 0 Å². The van der Waals surface area contributed by atoms with E-state index < -0.39 is 0 Å². The summed E-state index contributed by atoms with van der Waals surface area (Å²) in [4.78, 5) is 4.52. The third kappa shape index (κ3) is 17.1. The van der Waals surface area contributed by atoms with E-state index in [0.717, 1.165) is 90.0 Å². The van der Waals surface area contributed by atoms with Gasteiger partial charge in [-0.1, -0.05) is 109 Å². The Labute approximate surface area is 550 Å². The van der Waals surface area contributed by atoms with Crippen LogP contribution in [0, 0.1) is 45.3 Å². The summed E-state index contributed by atoms with van der Waals surface area (Å²) < 4.78 is 65.1. The van der Waals surface area contributed by atoms with Crippen molar-refractivity contribution in [3.8, 4) is 47.3 Å². The Morgan fingerprint density at radius 2 is 0.617 bits per heavy atom. The summed E-state index contributed by atoms with van der Waals surface area (Å²) in [6.07, 6.45) is 16.4. The van der Waals surface area contributed by atoms with Crippen molar-refractivity contribution in [2.24, 2.45) is 0 Å². The Kier molecular flexibility index (Phi) is 22.5. The van der Waals surface area contributed by atoms with E-state index in [-0.39, 0.29) is 11.1 Å². The Bertz CT molecular complexity index is 3640. The molecule has 6 aromatic carbocycles. The van der Waals surface area contributed by atoms with Crippen LogP contribution in [0.4, 0.5) is 11.4 Å². The van der Waals surface area contributed by atoms with Gasteiger partial charge in [0.25, 0.3) is 0 Å². The van der Waals surface area contributed by atoms with Crippen molar-refractivity contribution in [2.75, 3.05) is 115 Å². The van der Waals surface area contributed by atoms with Crippen LogP contribution in [0.5, 0.6) is 23.0 Å². The molecule has 94 heavy (non-hydrogen) atoms. The normalized spacial score (nSPS) is 17.0. The first-order valence-electron chi connectivity index (χ1n) is 31.8. The molecular formula is C78H74N6O10. The minimum absolute atomic E-state index is 0.0299. The number of benzene rings is 6. The number of hydrogen-bond acceptors (Lipinski definition) is 16. The molecule has 0 aromatic heterocycles. The van der Waals surface area contributed by atoms with Gasteiger partial charge in [0.15, 0.2) is 0 Å². The van der Waals surface area contributed by atoms with Gasteiger partial charge < -0.3 is 57.2 Å². The van der Waals surface area contributed by atoms with Gasteiger partial charge in [-0.3, -0.25) is 0 Å². The van der Waals surface area contributed by atoms with E-state index in [2.05, 4.69) is 107 Å². The van der Waals surface area contributed by atoms with Crippen molar-refractivity contribution in [3.05, 3.63) is 259 Å². The van der Waals surface area contributed by atoms with Gasteiger partial charge in [-0.2, -0.15) is 21.0 Å². The Morgan fingerprint density at radius 1 is 0.340 bits per heavy atom. The second kappa shape index (κ2) is 32.6. The zero-order valence-electron chi connectivity index (χ0n) is 53.1. The number of fused-ring (bicyclic) bond motifs is 24. The van der Waals surface area contributed by atoms with Gasteiger partial charge >= 0.3 is 0 Å². The van der Waals surface area contributed by atoms with E-state index in [9.17, 15) is 21.0 Å². The highest BCUT2D eigenvalue weighted by molar-refractivity contribution is 5.63. The van der Waals surface area contributed by atoms with Gasteiger partial charge in [0.1, 0.15) is 108 Å². The zero-order valence-corrected chi connectivity index (χ0v) is 53.1. The molecule has 0 fully saturated rings. The first-order chi connectivity index (χ1) is 46.2. The third-order valence-electron chi connectivity index (χ3n) is 16.4. The summed E-state index contributed by atoms with van der Waals surface area (Å²) in [6, 6.07) is 50.0. The number of anilines is 2. The molecule has 6 aliphatic heterocycles. The lowest BCUT2D eigenvalue weighted by Crippen LogP contribution is -2.31. The van der Waals surface area contributed by atoms with Crippen LogP contribution in [-0.2, 0) is 54.1 Å². The molecular weight excluding hydrogens is 1180 g/mol. The Hall–Kier alpha value is -10.6. The van der Waals surface area contributed by atoms with Crippen LogP contribution in [0.15, 0.2) is 203 Å². The molecule has 0 spiro atoms. The fourth-order valence-electron chi connectivity index (χ4n) is 11.9. The predicted molar refractivity (Wildman–Crippen MR) is 360 cm³/mol. The standard InChI is InChI=1S/C78H74N6O10/c1-55-43-67(69(51-79)52-80)49-73(93-55)25-19-57-15-21-71(22-16-57)83-27-31-85-35-39-89-75-59-7-3-8-60(75)46-64-12-6-14-66-48-62-10-4-9-61(76(62)90-40-36-86-32-28-83)47-65-13-5-11-63(45-59)77(65)91-41-37-87-33-29-84(30-34-88-38-42-92-78(64)66)72-23-17-58(18-24-72)20-26-74-50-68(44-56(2)94-74)70(53-81)54-82/h3-26,43-44,49-50H,27-42,45-48H2,1-2H3. The Morgan fingerprint density at radius 3 is 0.883 bits per heavy atom. The summed E-state index contributed by atoms with van der Waals surface area (Å²) in [5, 5.41) is 37.9. The molecule has 0 saturated carbocycles. The summed E-state index contributed by atoms with van der Waals surface area (Å²) in [7, 11) is 0. The molecule has 476 valence electrons. The average Bonchev–Trinajstić information content (AvgIpc) is 0.810. The van der Waals surface area contributed by atoms with E-state index in [4.69, 9.17) is 47.4 Å². The second-order valence-corrected chi connectivity index (χ2v) is 22.9. The fraction of sp³-hybridized carbons (Fsp3) is 0.282. The highest BCUT2D eigenvalue weighted by Gasteiger charge is 2.23. The average molecular weight is 1260 g/mol. The van der Waals surface area contributed by atoms with E-state index in [1.54, 1.807) is 38.2 Å². The maximum atomic E-state index is 9.47. The topological polar surface area (TPSA) is 194 Å². The molecule has 0 radical (unpaired) electrons. The third-order valence-corrected chi connectivity index (χ3v) is 16.4. The summed E-state index contributed by atoms with van der Waals surface area (Å²) in [5.41, 5.74) is 13.1. The largest absolute Gasteiger partial charge is 0.491 e. The van der Waals surface area contributed by atoms with E-state index in [1.807, 2.05) is 72.8 Å². The molecule has 16 heteroatoms. The SMILES string of the molecule is CC1=CC(=C(C#N)C#N)C=C(C=Cc2ccc(N3CCOCCOc4c5cccc4Cc4cccc6c4OCCOCCN(c4ccc(C=CC7=CC(=C(C#N)C#N)C=C(C)O7)cc4)CCOCCOc4c(cccc4Cc4cccc(c4OCCOCC3)C6)C5)cc2)O1. The van der Waals surface area contributed by atoms with Crippen LogP contribution in [0.3, 0.4) is 0 Å². The monoisotopic (exact) mass is 1250 g/mol. The van der Waals surface area contributed by atoms with Crippen molar-refractivity contribution >= 4 is 23.5 Å². The highest BCUT2D eigenvalue weighted by atomic mass is 16.5. The van der Waals surface area contributed by atoms with Crippen LogP contribution >= 0.6 is 0 Å². The minimum atomic E-state index is 0.0299. The first-order valence-corrected chi connectivity index (χ1v) is 31.8. The number of rotatable bonds is 6. The van der Waals surface area contributed by atoms with Crippen molar-refractivity contribution in [2.45, 2.75) is 39.5 Å². The Balaban J connectivity index is 0.852. The lowest BCUT2D eigenvalue weighted by Gasteiger charge is -2.26. The molecule has 0 atom stereocenters. The molecule has 13 rings (SSSR count). The quantitative estimate of drug-likeness (QED) is 0.113. The van der Waals surface area contributed by atoms with Crippen LogP contribution in [0.25, 0.3) is 12.2 Å². The first kappa shape index (κ1) is 65.0.